The van der Waals surface area contributed by atoms with E-state index in [0.29, 0.717) is 24.5 Å². The molecule has 3 saturated heterocycles. The van der Waals surface area contributed by atoms with Gasteiger partial charge in [-0.25, -0.2) is 9.29 Å². The molecule has 1 saturated carbocycles. The first-order valence-electron chi connectivity index (χ1n) is 17.3. The van der Waals surface area contributed by atoms with E-state index >= 15 is 0 Å². The number of amides is 4. The molecular formula is C39H37ClFN3O7. The molecule has 3 aromatic rings. The molecule has 5 aliphatic rings. The summed E-state index contributed by atoms with van der Waals surface area (Å²) in [6, 6.07) is 16.0. The maximum absolute atomic E-state index is 14.6. The third kappa shape index (κ3) is 5.07. The number of halogens is 2. The van der Waals surface area contributed by atoms with Crippen LogP contribution in [0.25, 0.3) is 0 Å². The van der Waals surface area contributed by atoms with Crippen molar-refractivity contribution in [3.63, 3.8) is 0 Å². The summed E-state index contributed by atoms with van der Waals surface area (Å²) >= 11 is 6.11. The van der Waals surface area contributed by atoms with Crippen molar-refractivity contribution in [3.05, 3.63) is 88.7 Å². The Morgan fingerprint density at radius 1 is 0.902 bits per heavy atom. The first-order chi connectivity index (χ1) is 24.5. The average Bonchev–Trinajstić information content (AvgIpc) is 3.50. The number of hydrogen-bond acceptors (Lipinski definition) is 8. The van der Waals surface area contributed by atoms with Gasteiger partial charge < -0.3 is 19.5 Å². The molecule has 2 aliphatic carbocycles. The number of fused-ring (bicyclic) bond motifs is 4. The fourth-order valence-corrected chi connectivity index (χ4v) is 9.31. The first kappa shape index (κ1) is 33.4. The molecule has 4 fully saturated rings. The normalized spacial score (nSPS) is 28.8. The summed E-state index contributed by atoms with van der Waals surface area (Å²) in [7, 11) is 0. The van der Waals surface area contributed by atoms with Gasteiger partial charge in [0.15, 0.2) is 11.5 Å². The Bertz CT molecular complexity index is 2000. The number of phenols is 1. The largest absolute Gasteiger partial charge is 0.504 e. The predicted octanol–water partition coefficient (Wildman–Crippen LogP) is 5.86. The predicted molar refractivity (Wildman–Crippen MR) is 187 cm³/mol. The lowest BCUT2D eigenvalue weighted by Crippen LogP contribution is -2.48. The van der Waals surface area contributed by atoms with Gasteiger partial charge in [0.1, 0.15) is 5.82 Å². The molecule has 3 heterocycles. The lowest BCUT2D eigenvalue weighted by molar-refractivity contribution is -0.131. The van der Waals surface area contributed by atoms with Crippen LogP contribution in [-0.4, -0.2) is 61.6 Å². The highest BCUT2D eigenvalue weighted by atomic mass is 35.5. The van der Waals surface area contributed by atoms with Crippen LogP contribution in [0.5, 0.6) is 11.5 Å². The molecule has 1 N–H and O–H groups in total. The molecule has 0 bridgehead atoms. The number of allylic oxidation sites excluding steroid dienone is 2. The van der Waals surface area contributed by atoms with E-state index in [1.807, 2.05) is 18.2 Å². The molecule has 0 radical (unpaired) electrons. The smallest absolute Gasteiger partial charge is 0.241 e. The Kier molecular flexibility index (Phi) is 8.18. The monoisotopic (exact) mass is 713 g/mol. The van der Waals surface area contributed by atoms with E-state index in [9.17, 15) is 28.7 Å². The topological polar surface area (TPSA) is 117 Å². The molecule has 8 rings (SSSR count). The van der Waals surface area contributed by atoms with Gasteiger partial charge in [-0.2, -0.15) is 0 Å². The Morgan fingerprint density at radius 2 is 1.61 bits per heavy atom. The number of nitrogens with zero attached hydrogens (tertiary/aromatic N) is 3. The van der Waals surface area contributed by atoms with Crippen molar-refractivity contribution in [1.29, 1.82) is 0 Å². The standard InChI is InChI=1S/C39H37ClFN3O7/c1-3-51-32-18-21(4-13-31(32)45)34-25-10-11-26-33(37(48)43(35(26)46)23-7-5-22(6-8-23)42-14-16-50-17-15-42)27(25)20-28-36(47)44(38(49)39(28,34)2)24-9-12-30(41)29(40)19-24/h4-10,12-13,18-19,26-28,33-34,45H,3,11,14-17,20H2,1-2H3/t26-,27+,28-,33-,34-,39+/m0/s1. The SMILES string of the molecule is CCOc1cc([C@H]2C3=CC[C@@H]4C(=O)N(c5ccc(N6CCOCC6)cc5)C(=O)[C@@H]4[C@@H]3C[C@H]3C(=O)N(c4ccc(F)c(Cl)c4)C(=O)[C@@]23C)ccc1O. The van der Waals surface area contributed by atoms with Crippen LogP contribution in [0.3, 0.4) is 0 Å². The summed E-state index contributed by atoms with van der Waals surface area (Å²) in [5.74, 6) is -5.60. The summed E-state index contributed by atoms with van der Waals surface area (Å²) in [5, 5.41) is 10.4. The van der Waals surface area contributed by atoms with E-state index in [1.165, 1.54) is 23.1 Å². The van der Waals surface area contributed by atoms with Crippen molar-refractivity contribution in [2.45, 2.75) is 32.6 Å². The second kappa shape index (κ2) is 12.5. The molecule has 6 atom stereocenters. The molecule has 264 valence electrons. The second-order valence-corrected chi connectivity index (χ2v) is 14.5. The van der Waals surface area contributed by atoms with Gasteiger partial charge in [-0.05, 0) is 92.8 Å². The fraction of sp³-hybridized carbons (Fsp3) is 0.385. The zero-order valence-electron chi connectivity index (χ0n) is 28.2. The van der Waals surface area contributed by atoms with Crippen LogP contribution in [0, 0.1) is 34.9 Å². The van der Waals surface area contributed by atoms with Gasteiger partial charge in [0.25, 0.3) is 0 Å². The highest BCUT2D eigenvalue weighted by molar-refractivity contribution is 6.32. The van der Waals surface area contributed by atoms with Crippen molar-refractivity contribution in [3.8, 4) is 11.5 Å². The highest BCUT2D eigenvalue weighted by Crippen LogP contribution is 2.64. The lowest BCUT2D eigenvalue weighted by Gasteiger charge is -2.49. The zero-order chi connectivity index (χ0) is 35.8. The summed E-state index contributed by atoms with van der Waals surface area (Å²) in [4.78, 5) is 62.1. The van der Waals surface area contributed by atoms with Gasteiger partial charge in [0, 0.05) is 24.7 Å². The van der Waals surface area contributed by atoms with E-state index < -0.39 is 52.6 Å². The number of carbonyl (C=O) groups excluding carboxylic acids is 4. The van der Waals surface area contributed by atoms with Crippen LogP contribution >= 0.6 is 11.6 Å². The third-order valence-corrected chi connectivity index (χ3v) is 11.8. The van der Waals surface area contributed by atoms with Crippen molar-refractivity contribution < 1.29 is 38.1 Å². The number of benzene rings is 3. The zero-order valence-corrected chi connectivity index (χ0v) is 28.9. The number of aromatic hydroxyl groups is 1. The quantitative estimate of drug-likeness (QED) is 0.250. The minimum Gasteiger partial charge on any atom is -0.504 e. The lowest BCUT2D eigenvalue weighted by atomic mass is 9.51. The fourth-order valence-electron chi connectivity index (χ4n) is 9.14. The molecule has 0 aromatic heterocycles. The van der Waals surface area contributed by atoms with Crippen LogP contribution in [0.4, 0.5) is 21.5 Å². The van der Waals surface area contributed by atoms with Crippen LogP contribution in [0.1, 0.15) is 38.2 Å². The van der Waals surface area contributed by atoms with Crippen LogP contribution < -0.4 is 19.4 Å². The number of anilines is 3. The van der Waals surface area contributed by atoms with Crippen LogP contribution in [0.2, 0.25) is 5.02 Å². The Labute approximate surface area is 299 Å². The van der Waals surface area contributed by atoms with Crippen molar-refractivity contribution in [1.82, 2.24) is 0 Å². The molecular weight excluding hydrogens is 677 g/mol. The van der Waals surface area contributed by atoms with Crippen LogP contribution in [0.15, 0.2) is 72.3 Å². The molecule has 3 aliphatic heterocycles. The average molecular weight is 714 g/mol. The maximum Gasteiger partial charge on any atom is 0.241 e. The van der Waals surface area contributed by atoms with Crippen molar-refractivity contribution in [2.75, 3.05) is 47.6 Å². The molecule has 10 nitrogen and oxygen atoms in total. The molecule has 3 aromatic carbocycles. The Balaban J connectivity index is 1.20. The van der Waals surface area contributed by atoms with Gasteiger partial charge >= 0.3 is 0 Å². The summed E-state index contributed by atoms with van der Waals surface area (Å²) in [6.07, 6.45) is 2.42. The number of hydrogen-bond donors (Lipinski definition) is 1. The maximum atomic E-state index is 14.6. The molecule has 0 unspecified atom stereocenters. The third-order valence-electron chi connectivity index (χ3n) is 11.5. The molecule has 51 heavy (non-hydrogen) atoms. The number of carbonyl (C=O) groups is 4. The van der Waals surface area contributed by atoms with Gasteiger partial charge in [-0.3, -0.25) is 24.1 Å². The van der Waals surface area contributed by atoms with Gasteiger partial charge in [0.05, 0.1) is 59.4 Å². The number of rotatable bonds is 6. The van der Waals surface area contributed by atoms with Crippen LogP contribution in [-0.2, 0) is 23.9 Å². The number of morpholine rings is 1. The van der Waals surface area contributed by atoms with Gasteiger partial charge in [-0.1, -0.05) is 29.3 Å². The van der Waals surface area contributed by atoms with E-state index in [-0.39, 0.29) is 53.5 Å². The van der Waals surface area contributed by atoms with Gasteiger partial charge in [0.2, 0.25) is 23.6 Å². The number of phenolic OH excluding ortho intramolecular Hbond substituents is 1. The summed E-state index contributed by atoms with van der Waals surface area (Å²) in [5.41, 5.74) is 1.73. The van der Waals surface area contributed by atoms with Crippen molar-refractivity contribution >= 4 is 52.3 Å². The first-order valence-corrected chi connectivity index (χ1v) is 17.7. The second-order valence-electron chi connectivity index (χ2n) is 14.0. The van der Waals surface area contributed by atoms with E-state index in [2.05, 4.69) is 4.90 Å². The number of imide groups is 2. The van der Waals surface area contributed by atoms with Crippen molar-refractivity contribution in [2.24, 2.45) is 29.1 Å². The van der Waals surface area contributed by atoms with Gasteiger partial charge in [-0.15, -0.1) is 0 Å². The highest BCUT2D eigenvalue weighted by Gasteiger charge is 2.67. The minimum absolute atomic E-state index is 0.0735. The van der Waals surface area contributed by atoms with E-state index in [0.717, 1.165) is 35.3 Å². The summed E-state index contributed by atoms with van der Waals surface area (Å²) in [6.45, 7) is 6.60. The van der Waals surface area contributed by atoms with E-state index in [4.69, 9.17) is 21.1 Å². The Hall–Kier alpha value is -4.74. The minimum atomic E-state index is -1.33. The summed E-state index contributed by atoms with van der Waals surface area (Å²) < 4.78 is 25.4. The van der Waals surface area contributed by atoms with E-state index in [1.54, 1.807) is 38.1 Å². The molecule has 4 amide bonds. The number of ether oxygens (including phenoxy) is 2. The molecule has 12 heteroatoms. The molecule has 0 spiro atoms. The Morgan fingerprint density at radius 3 is 2.31 bits per heavy atom.